The number of thiocarbonyl (C=S) groups is 1. The van der Waals surface area contributed by atoms with Crippen LogP contribution in [0.1, 0.15) is 24.8 Å². The number of hydrogen-bond donors (Lipinski definition) is 0. The lowest BCUT2D eigenvalue weighted by atomic mass is 9.91. The topological polar surface area (TPSA) is 35.5 Å². The molecule has 6 heteroatoms. The van der Waals surface area contributed by atoms with Gasteiger partial charge >= 0.3 is 5.24 Å². The summed E-state index contributed by atoms with van der Waals surface area (Å²) in [7, 11) is 0. The molecule has 0 N–H and O–H groups in total. The largest absolute Gasteiger partial charge is 0.421 e. The van der Waals surface area contributed by atoms with Crippen molar-refractivity contribution in [3.63, 3.8) is 0 Å². The average Bonchev–Trinajstić information content (AvgIpc) is 2.57. The first-order chi connectivity index (χ1) is 12.0. The molecule has 0 aliphatic heterocycles. The average molecular weight is 393 g/mol. The summed E-state index contributed by atoms with van der Waals surface area (Å²) < 4.78 is 11.2. The van der Waals surface area contributed by atoms with Crippen LogP contribution in [0.15, 0.2) is 54.3 Å². The lowest BCUT2D eigenvalue weighted by Gasteiger charge is -2.20. The van der Waals surface area contributed by atoms with Gasteiger partial charge in [-0.1, -0.05) is 47.5 Å². The zero-order valence-corrected chi connectivity index (χ0v) is 15.5. The first-order valence-corrected chi connectivity index (χ1v) is 8.87. The number of rotatable bonds is 3. The fourth-order valence-corrected chi connectivity index (χ4v) is 3.32. The highest BCUT2D eigenvalue weighted by atomic mass is 35.5. The number of benzene rings is 2. The molecule has 0 aromatic heterocycles. The highest BCUT2D eigenvalue weighted by Crippen LogP contribution is 2.35. The van der Waals surface area contributed by atoms with Crippen molar-refractivity contribution in [2.75, 3.05) is 0 Å². The number of para-hydroxylation sites is 1. The van der Waals surface area contributed by atoms with Crippen LogP contribution in [0.25, 0.3) is 5.57 Å². The second-order valence-electron chi connectivity index (χ2n) is 5.47. The van der Waals surface area contributed by atoms with Gasteiger partial charge in [0.2, 0.25) is 0 Å². The normalized spacial score (nSPS) is 14.4. The number of ether oxygens (including phenoxy) is 2. The van der Waals surface area contributed by atoms with E-state index in [0.717, 1.165) is 0 Å². The van der Waals surface area contributed by atoms with E-state index >= 15 is 0 Å². The molecule has 3 rings (SSSR count). The maximum Gasteiger partial charge on any atom is 0.363 e. The highest BCUT2D eigenvalue weighted by molar-refractivity contribution is 7.79. The highest BCUT2D eigenvalue weighted by Gasteiger charge is 2.26. The van der Waals surface area contributed by atoms with Gasteiger partial charge in [0.05, 0.1) is 10.6 Å². The molecule has 1 aliphatic carbocycles. The Morgan fingerprint density at radius 3 is 2.48 bits per heavy atom. The summed E-state index contributed by atoms with van der Waals surface area (Å²) in [6.07, 6.45) is 1.71. The van der Waals surface area contributed by atoms with Gasteiger partial charge in [0.25, 0.3) is 0 Å². The summed E-state index contributed by atoms with van der Waals surface area (Å²) in [5.74, 6) is 1.01. The lowest BCUT2D eigenvalue weighted by molar-refractivity contribution is -0.114. The molecule has 0 amide bonds. The summed E-state index contributed by atoms with van der Waals surface area (Å²) in [5, 5.41) is 0.843. The van der Waals surface area contributed by atoms with Crippen molar-refractivity contribution in [1.29, 1.82) is 0 Å². The molecule has 2 aromatic carbocycles. The molecule has 0 fully saturated rings. The van der Waals surface area contributed by atoms with Gasteiger partial charge in [-0.2, -0.15) is 0 Å². The van der Waals surface area contributed by atoms with Gasteiger partial charge in [0.1, 0.15) is 11.5 Å². The van der Waals surface area contributed by atoms with Gasteiger partial charge in [-0.05, 0) is 30.7 Å². The smallest absolute Gasteiger partial charge is 0.363 e. The van der Waals surface area contributed by atoms with Gasteiger partial charge in [0.15, 0.2) is 5.78 Å². The van der Waals surface area contributed by atoms with Gasteiger partial charge in [-0.15, -0.1) is 0 Å². The van der Waals surface area contributed by atoms with Crippen molar-refractivity contribution in [3.8, 4) is 5.75 Å². The Morgan fingerprint density at radius 2 is 1.76 bits per heavy atom. The van der Waals surface area contributed by atoms with E-state index in [4.69, 9.17) is 44.9 Å². The van der Waals surface area contributed by atoms with E-state index < -0.39 is 0 Å². The Balaban J connectivity index is 1.89. The van der Waals surface area contributed by atoms with E-state index in [1.807, 2.05) is 18.2 Å². The molecular weight excluding hydrogens is 379 g/mol. The SMILES string of the molecule is O=C1CCCC(OC(=S)Oc2ccccc2)=C1c1ccc(Cl)cc1Cl. The quantitative estimate of drug-likeness (QED) is 0.614. The number of ketones is 1. The third-order valence-corrected chi connectivity index (χ3v) is 4.43. The van der Waals surface area contributed by atoms with Crippen molar-refractivity contribution in [3.05, 3.63) is 69.9 Å². The minimum absolute atomic E-state index is 0.0343. The van der Waals surface area contributed by atoms with E-state index in [1.165, 1.54) is 0 Å². The first kappa shape index (κ1) is 17.9. The third kappa shape index (κ3) is 4.40. The summed E-state index contributed by atoms with van der Waals surface area (Å²) in [5.41, 5.74) is 1.03. The monoisotopic (exact) mass is 392 g/mol. The predicted molar refractivity (Wildman–Crippen MR) is 103 cm³/mol. The Labute approximate surface area is 161 Å². The Kier molecular flexibility index (Phi) is 5.74. The summed E-state index contributed by atoms with van der Waals surface area (Å²) in [6.45, 7) is 0. The molecule has 0 saturated heterocycles. The number of halogens is 2. The molecule has 0 heterocycles. The minimum atomic E-state index is -0.0570. The maximum absolute atomic E-state index is 12.5. The Morgan fingerprint density at radius 1 is 1.00 bits per heavy atom. The van der Waals surface area contributed by atoms with Crippen LogP contribution >= 0.6 is 35.4 Å². The minimum Gasteiger partial charge on any atom is -0.421 e. The molecule has 0 spiro atoms. The van der Waals surface area contributed by atoms with E-state index in [2.05, 4.69) is 0 Å². The van der Waals surface area contributed by atoms with Crippen LogP contribution in [0.3, 0.4) is 0 Å². The fraction of sp³-hybridized carbons (Fsp3) is 0.158. The lowest BCUT2D eigenvalue weighted by Crippen LogP contribution is -2.17. The molecule has 128 valence electrons. The van der Waals surface area contributed by atoms with E-state index in [-0.39, 0.29) is 11.0 Å². The van der Waals surface area contributed by atoms with Crippen molar-refractivity contribution in [2.45, 2.75) is 19.3 Å². The molecular formula is C19H14Cl2O3S. The standard InChI is InChI=1S/C19H14Cl2O3S/c20-12-9-10-14(15(21)11-12)18-16(22)7-4-8-17(18)24-19(25)23-13-5-2-1-3-6-13/h1-3,5-6,9-11H,4,7-8H2. The summed E-state index contributed by atoms with van der Waals surface area (Å²) in [6, 6.07) is 14.1. The first-order valence-electron chi connectivity index (χ1n) is 7.71. The zero-order valence-electron chi connectivity index (χ0n) is 13.1. The fourth-order valence-electron chi connectivity index (χ4n) is 2.62. The van der Waals surface area contributed by atoms with Crippen LogP contribution in [-0.2, 0) is 9.53 Å². The predicted octanol–water partition coefficient (Wildman–Crippen LogP) is 5.84. The van der Waals surface area contributed by atoms with Crippen LogP contribution in [0.4, 0.5) is 0 Å². The molecule has 0 saturated carbocycles. The van der Waals surface area contributed by atoms with E-state index in [1.54, 1.807) is 30.3 Å². The van der Waals surface area contributed by atoms with Crippen molar-refractivity contribution < 1.29 is 14.3 Å². The van der Waals surface area contributed by atoms with E-state index in [0.29, 0.717) is 52.0 Å². The zero-order chi connectivity index (χ0) is 17.8. The van der Waals surface area contributed by atoms with Gasteiger partial charge in [0, 0.05) is 35.6 Å². The number of allylic oxidation sites excluding steroid dienone is 2. The molecule has 0 atom stereocenters. The maximum atomic E-state index is 12.5. The van der Waals surface area contributed by atoms with Gasteiger partial charge < -0.3 is 9.47 Å². The molecule has 2 aromatic rings. The van der Waals surface area contributed by atoms with Crippen molar-refractivity contribution >= 4 is 52.0 Å². The number of Topliss-reactive ketones (excluding diaryl/α,β-unsaturated/α-hetero) is 1. The number of carbonyl (C=O) groups excluding carboxylic acids is 1. The molecule has 0 bridgehead atoms. The molecule has 3 nitrogen and oxygen atoms in total. The van der Waals surface area contributed by atoms with Gasteiger partial charge in [-0.25, -0.2) is 0 Å². The number of hydrogen-bond acceptors (Lipinski definition) is 4. The third-order valence-electron chi connectivity index (χ3n) is 3.72. The van der Waals surface area contributed by atoms with Crippen LogP contribution in [0.5, 0.6) is 5.75 Å². The molecule has 0 radical (unpaired) electrons. The Bertz CT molecular complexity index is 847. The van der Waals surface area contributed by atoms with Crippen LogP contribution in [0.2, 0.25) is 10.0 Å². The second kappa shape index (κ2) is 8.00. The Hall–Kier alpha value is -1.88. The molecule has 0 unspecified atom stereocenters. The van der Waals surface area contributed by atoms with Gasteiger partial charge in [-0.3, -0.25) is 4.79 Å². The van der Waals surface area contributed by atoms with Crippen LogP contribution in [0, 0.1) is 0 Å². The van der Waals surface area contributed by atoms with Crippen LogP contribution < -0.4 is 4.74 Å². The molecule has 25 heavy (non-hydrogen) atoms. The summed E-state index contributed by atoms with van der Waals surface area (Å²) in [4.78, 5) is 12.5. The van der Waals surface area contributed by atoms with Crippen molar-refractivity contribution in [1.82, 2.24) is 0 Å². The van der Waals surface area contributed by atoms with Crippen LogP contribution in [-0.4, -0.2) is 11.0 Å². The summed E-state index contributed by atoms with van der Waals surface area (Å²) >= 11 is 17.4. The van der Waals surface area contributed by atoms with E-state index in [9.17, 15) is 4.79 Å². The van der Waals surface area contributed by atoms with Crippen molar-refractivity contribution in [2.24, 2.45) is 0 Å². The number of carbonyl (C=O) groups is 1. The molecule has 1 aliphatic rings. The second-order valence-corrected chi connectivity index (χ2v) is 6.64.